The zero-order chi connectivity index (χ0) is 15.2. The van der Waals surface area contributed by atoms with E-state index in [9.17, 15) is 4.79 Å². The highest BCUT2D eigenvalue weighted by atomic mass is 35.5. The lowest BCUT2D eigenvalue weighted by Crippen LogP contribution is -2.19. The van der Waals surface area contributed by atoms with Gasteiger partial charge in [0.05, 0.1) is 13.2 Å². The summed E-state index contributed by atoms with van der Waals surface area (Å²) in [6, 6.07) is 15.0. The quantitative estimate of drug-likeness (QED) is 0.807. The molecule has 0 aliphatic carbocycles. The van der Waals surface area contributed by atoms with Crippen LogP contribution in [0.4, 0.5) is 5.69 Å². The first-order valence-electron chi connectivity index (χ1n) is 6.75. The summed E-state index contributed by atoms with van der Waals surface area (Å²) in [6.07, 6.45) is 0.954. The van der Waals surface area contributed by atoms with Crippen LogP contribution in [-0.4, -0.2) is 13.4 Å². The molecule has 0 unspecified atom stereocenters. The minimum Gasteiger partial charge on any atom is -0.497 e. The maximum Gasteiger partial charge on any atom is 0.125 e. The second-order valence-electron chi connectivity index (χ2n) is 4.90. The van der Waals surface area contributed by atoms with Gasteiger partial charge in [-0.25, -0.2) is 0 Å². The van der Waals surface area contributed by atoms with Gasteiger partial charge in [-0.2, -0.15) is 0 Å². The van der Waals surface area contributed by atoms with Gasteiger partial charge in [0.15, 0.2) is 0 Å². The van der Waals surface area contributed by atoms with Crippen molar-refractivity contribution in [3.05, 3.63) is 59.1 Å². The summed E-state index contributed by atoms with van der Waals surface area (Å²) >= 11 is 5.92. The molecule has 0 aliphatic heterocycles. The fraction of sp³-hybridized carbons (Fsp3) is 0.235. The molecule has 0 saturated heterocycles. The molecule has 0 saturated carbocycles. The second kappa shape index (κ2) is 7.14. The number of aldehydes is 1. The van der Waals surface area contributed by atoms with Gasteiger partial charge in [-0.15, -0.1) is 0 Å². The van der Waals surface area contributed by atoms with Crippen molar-refractivity contribution in [1.82, 2.24) is 0 Å². The van der Waals surface area contributed by atoms with Crippen molar-refractivity contribution in [2.75, 3.05) is 12.4 Å². The molecule has 0 bridgehead atoms. The number of carbonyl (C=O) groups excluding carboxylic acids is 1. The zero-order valence-electron chi connectivity index (χ0n) is 12.0. The number of carbonyl (C=O) groups is 1. The van der Waals surface area contributed by atoms with E-state index in [0.717, 1.165) is 23.3 Å². The van der Waals surface area contributed by atoms with Crippen LogP contribution in [0.2, 0.25) is 5.02 Å². The van der Waals surface area contributed by atoms with Crippen LogP contribution in [0.3, 0.4) is 0 Å². The average molecular weight is 304 g/mol. The number of nitrogens with one attached hydrogen (secondary N) is 1. The van der Waals surface area contributed by atoms with E-state index in [-0.39, 0.29) is 12.0 Å². The van der Waals surface area contributed by atoms with E-state index in [2.05, 4.69) is 5.32 Å². The second-order valence-corrected chi connectivity index (χ2v) is 5.33. The topological polar surface area (TPSA) is 38.3 Å². The van der Waals surface area contributed by atoms with Gasteiger partial charge < -0.3 is 14.8 Å². The molecule has 0 spiro atoms. The maximum atomic E-state index is 11.2. The van der Waals surface area contributed by atoms with Crippen LogP contribution < -0.4 is 10.1 Å². The molecule has 4 heteroatoms. The van der Waals surface area contributed by atoms with E-state index in [4.69, 9.17) is 16.3 Å². The summed E-state index contributed by atoms with van der Waals surface area (Å²) < 4.78 is 5.14. The average Bonchev–Trinajstić information content (AvgIpc) is 2.53. The van der Waals surface area contributed by atoms with Crippen LogP contribution in [-0.2, 0) is 4.79 Å². The molecular formula is C17H18ClNO2. The molecule has 0 radical (unpaired) electrons. The lowest BCUT2D eigenvalue weighted by atomic mass is 9.95. The number of ether oxygens (including phenoxy) is 1. The minimum absolute atomic E-state index is 0.104. The Balaban J connectivity index is 2.23. The lowest BCUT2D eigenvalue weighted by Gasteiger charge is -2.23. The monoisotopic (exact) mass is 303 g/mol. The lowest BCUT2D eigenvalue weighted by molar-refractivity contribution is -0.111. The van der Waals surface area contributed by atoms with Gasteiger partial charge in [0.25, 0.3) is 0 Å². The van der Waals surface area contributed by atoms with Gasteiger partial charge in [0.2, 0.25) is 0 Å². The van der Waals surface area contributed by atoms with Crippen LogP contribution in [0, 0.1) is 5.92 Å². The molecule has 0 heterocycles. The van der Waals surface area contributed by atoms with Crippen molar-refractivity contribution in [2.24, 2.45) is 5.92 Å². The molecule has 0 aromatic heterocycles. The summed E-state index contributed by atoms with van der Waals surface area (Å²) in [6.45, 7) is 1.89. The minimum atomic E-state index is -0.159. The predicted octanol–water partition coefficient (Wildman–Crippen LogP) is 4.34. The molecule has 21 heavy (non-hydrogen) atoms. The van der Waals surface area contributed by atoms with Crippen LogP contribution in [0.15, 0.2) is 48.5 Å². The Morgan fingerprint density at radius 2 is 1.71 bits per heavy atom. The number of hydrogen-bond acceptors (Lipinski definition) is 3. The largest absolute Gasteiger partial charge is 0.497 e. The van der Waals surface area contributed by atoms with Gasteiger partial charge >= 0.3 is 0 Å². The Bertz CT molecular complexity index is 581. The normalized spacial score (nSPS) is 13.3. The first-order chi connectivity index (χ1) is 10.1. The Kier molecular flexibility index (Phi) is 5.23. The van der Waals surface area contributed by atoms with Gasteiger partial charge in [-0.05, 0) is 42.0 Å². The van der Waals surface area contributed by atoms with Gasteiger partial charge in [-0.3, -0.25) is 0 Å². The van der Waals surface area contributed by atoms with Crippen molar-refractivity contribution in [3.63, 3.8) is 0 Å². The fourth-order valence-corrected chi connectivity index (χ4v) is 2.26. The molecule has 2 aromatic rings. The molecule has 110 valence electrons. The number of methoxy groups -OCH3 is 1. The number of rotatable bonds is 6. The Morgan fingerprint density at radius 1 is 1.10 bits per heavy atom. The highest BCUT2D eigenvalue weighted by molar-refractivity contribution is 6.30. The molecule has 0 aliphatic rings. The SMILES string of the molecule is COc1ccc(N[C@H](c2ccc(Cl)cc2)[C@H](C)C=O)cc1. The molecule has 2 aromatic carbocycles. The number of anilines is 1. The van der Waals surface area contributed by atoms with Crippen molar-refractivity contribution in [2.45, 2.75) is 13.0 Å². The molecule has 0 fully saturated rings. The van der Waals surface area contributed by atoms with Crippen LogP contribution in [0.25, 0.3) is 0 Å². The fourth-order valence-electron chi connectivity index (χ4n) is 2.13. The van der Waals surface area contributed by atoms with Crippen molar-refractivity contribution < 1.29 is 9.53 Å². The molecule has 3 nitrogen and oxygen atoms in total. The van der Waals surface area contributed by atoms with E-state index >= 15 is 0 Å². The third-order valence-corrected chi connectivity index (χ3v) is 3.63. The summed E-state index contributed by atoms with van der Waals surface area (Å²) in [5.74, 6) is 0.639. The molecular weight excluding hydrogens is 286 g/mol. The number of halogens is 1. The van der Waals surface area contributed by atoms with Gasteiger partial charge in [0.1, 0.15) is 12.0 Å². The van der Waals surface area contributed by atoms with E-state index < -0.39 is 0 Å². The summed E-state index contributed by atoms with van der Waals surface area (Å²) in [5, 5.41) is 4.07. The van der Waals surface area contributed by atoms with Crippen molar-refractivity contribution in [1.29, 1.82) is 0 Å². The Morgan fingerprint density at radius 3 is 2.24 bits per heavy atom. The predicted molar refractivity (Wildman–Crippen MR) is 86.0 cm³/mol. The van der Waals surface area contributed by atoms with E-state index in [1.165, 1.54) is 0 Å². The third kappa shape index (κ3) is 3.99. The van der Waals surface area contributed by atoms with Crippen LogP contribution >= 0.6 is 11.6 Å². The molecule has 2 rings (SSSR count). The Hall–Kier alpha value is -2.00. The number of benzene rings is 2. The smallest absolute Gasteiger partial charge is 0.125 e. The van der Waals surface area contributed by atoms with E-state index in [1.807, 2.05) is 55.5 Å². The summed E-state index contributed by atoms with van der Waals surface area (Å²) in [4.78, 5) is 11.2. The first kappa shape index (κ1) is 15.4. The van der Waals surface area contributed by atoms with Crippen molar-refractivity contribution >= 4 is 23.6 Å². The standard InChI is InChI=1S/C17H18ClNO2/c1-12(11-20)17(13-3-5-14(18)6-4-13)19-15-7-9-16(21-2)10-8-15/h3-12,17,19H,1-2H3/t12-,17+/m1/s1. The molecule has 1 N–H and O–H groups in total. The van der Waals surface area contributed by atoms with Gasteiger partial charge in [0, 0.05) is 16.6 Å². The maximum absolute atomic E-state index is 11.2. The number of hydrogen-bond donors (Lipinski definition) is 1. The first-order valence-corrected chi connectivity index (χ1v) is 7.13. The highest BCUT2D eigenvalue weighted by Gasteiger charge is 2.18. The van der Waals surface area contributed by atoms with Crippen molar-refractivity contribution in [3.8, 4) is 5.75 Å². The zero-order valence-corrected chi connectivity index (χ0v) is 12.8. The van der Waals surface area contributed by atoms with Crippen LogP contribution in [0.5, 0.6) is 5.75 Å². The van der Waals surface area contributed by atoms with Crippen LogP contribution in [0.1, 0.15) is 18.5 Å². The van der Waals surface area contributed by atoms with E-state index in [1.54, 1.807) is 7.11 Å². The van der Waals surface area contributed by atoms with E-state index in [0.29, 0.717) is 5.02 Å². The molecule has 0 amide bonds. The molecule has 2 atom stereocenters. The highest BCUT2D eigenvalue weighted by Crippen LogP contribution is 2.27. The Labute approximate surface area is 129 Å². The summed E-state index contributed by atoms with van der Waals surface area (Å²) in [7, 11) is 1.63. The summed E-state index contributed by atoms with van der Waals surface area (Å²) in [5.41, 5.74) is 1.96. The third-order valence-electron chi connectivity index (χ3n) is 3.38. The van der Waals surface area contributed by atoms with Gasteiger partial charge in [-0.1, -0.05) is 30.7 Å².